The maximum absolute atomic E-state index is 12.5. The van der Waals surface area contributed by atoms with Gasteiger partial charge in [0.1, 0.15) is 0 Å². The van der Waals surface area contributed by atoms with Crippen LogP contribution >= 0.6 is 0 Å². The van der Waals surface area contributed by atoms with Gasteiger partial charge in [-0.3, -0.25) is 0 Å². The molecule has 2 atom stereocenters. The summed E-state index contributed by atoms with van der Waals surface area (Å²) in [6, 6.07) is 6.44. The predicted molar refractivity (Wildman–Crippen MR) is 218 cm³/mol. The Morgan fingerprint density at radius 2 is 1.26 bits per heavy atom. The first kappa shape index (κ1) is 61.3. The minimum atomic E-state index is -4.19. The Balaban J connectivity index is -0.000000152. The first-order chi connectivity index (χ1) is 23.1. The molecule has 0 saturated heterocycles. The van der Waals surface area contributed by atoms with Crippen molar-refractivity contribution >= 4 is 5.69 Å². The Morgan fingerprint density at radius 3 is 1.56 bits per heavy atom. The molecule has 1 aromatic rings. The minimum Gasteiger partial charge on any atom is -0.376 e. The van der Waals surface area contributed by atoms with Crippen LogP contribution < -0.4 is 4.90 Å². The van der Waals surface area contributed by atoms with Gasteiger partial charge in [0.25, 0.3) is 0 Å². The number of hydrogen-bond acceptors (Lipinski definition) is 2. The van der Waals surface area contributed by atoms with Crippen LogP contribution in [0.1, 0.15) is 179 Å². The number of likely N-dealkylation sites (N-methyl/N-ethyl adjacent to an activating group) is 1. The smallest absolute Gasteiger partial charge is 0.376 e. The summed E-state index contributed by atoms with van der Waals surface area (Å²) in [7, 11) is 3.52. The number of alkyl halides is 3. The summed E-state index contributed by atoms with van der Waals surface area (Å²) in [6.07, 6.45) is 16.8. The van der Waals surface area contributed by atoms with Gasteiger partial charge >= 0.3 is 37.3 Å². The van der Waals surface area contributed by atoms with Crippen LogP contribution in [-0.4, -0.2) is 26.4 Å². The van der Waals surface area contributed by atoms with Crippen LogP contribution in [-0.2, 0) is 11.2 Å². The second kappa shape index (κ2) is 46.3. The largest absolute Gasteiger partial charge is 2.00 e. The monoisotopic (exact) mass is 938 g/mol. The molecule has 0 saturated carbocycles. The molecule has 50 heavy (non-hydrogen) atoms. The first-order valence-corrected chi connectivity index (χ1v) is 19.5. The fourth-order valence-corrected chi connectivity index (χ4v) is 3.64. The van der Waals surface area contributed by atoms with Crippen molar-refractivity contribution in [3.8, 4) is 0 Å². The molecule has 0 aliphatic carbocycles. The zero-order chi connectivity index (χ0) is 39.1. The van der Waals surface area contributed by atoms with Crippen molar-refractivity contribution in [2.75, 3.05) is 19.1 Å². The summed E-state index contributed by atoms with van der Waals surface area (Å²) in [5.41, 5.74) is 3.15. The Morgan fingerprint density at radius 1 is 0.800 bits per heavy atom. The van der Waals surface area contributed by atoms with Crippen molar-refractivity contribution in [2.24, 2.45) is 5.92 Å². The molecule has 0 fully saturated rings. The van der Waals surface area contributed by atoms with Gasteiger partial charge in [-0.05, 0) is 50.0 Å². The summed E-state index contributed by atoms with van der Waals surface area (Å²) < 4.78 is 42.8. The minimum absolute atomic E-state index is 0. The third-order valence-electron chi connectivity index (χ3n) is 7.39. The van der Waals surface area contributed by atoms with E-state index >= 15 is 0 Å². The number of rotatable bonds is 16. The number of hydrogen-bond donors (Lipinski definition) is 0. The number of halogens is 3. The van der Waals surface area contributed by atoms with Gasteiger partial charge in [0.2, 0.25) is 0 Å². The SMILES string of the molecule is CC/C=C(C)\C=C(\C(C)OC)N(C)c1ccc(CC(F)(F)F)cc1.CCCC.CCCC.CCCCCC(C)CC.[CH2-]CC.[CH2-]CCCC.[U+2]. The number of ether oxygens (including phenoxy) is 1. The second-order valence-corrected chi connectivity index (χ2v) is 12.5. The van der Waals surface area contributed by atoms with Gasteiger partial charge in [-0.15, -0.1) is 0 Å². The summed E-state index contributed by atoms with van der Waals surface area (Å²) >= 11 is 0. The van der Waals surface area contributed by atoms with Crippen LogP contribution in [0.4, 0.5) is 18.9 Å². The van der Waals surface area contributed by atoms with E-state index < -0.39 is 12.6 Å². The van der Waals surface area contributed by atoms with E-state index in [2.05, 4.69) is 82.2 Å². The van der Waals surface area contributed by atoms with Gasteiger partial charge in [0, 0.05) is 25.5 Å². The summed E-state index contributed by atoms with van der Waals surface area (Å²) in [6.45, 7) is 33.0. The Hall–Kier alpha value is -0.698. The number of unbranched alkanes of at least 4 members (excludes halogenated alkanes) is 6. The van der Waals surface area contributed by atoms with E-state index in [0.29, 0.717) is 0 Å². The van der Waals surface area contributed by atoms with Crippen LogP contribution in [0.15, 0.2) is 47.7 Å². The second-order valence-electron chi connectivity index (χ2n) is 12.5. The van der Waals surface area contributed by atoms with Crippen LogP contribution in [0.5, 0.6) is 0 Å². The van der Waals surface area contributed by atoms with E-state index in [4.69, 9.17) is 4.74 Å². The van der Waals surface area contributed by atoms with Crippen LogP contribution in [0.2, 0.25) is 0 Å². The Bertz CT molecular complexity index is 812. The zero-order valence-corrected chi connectivity index (χ0v) is 39.8. The normalized spacial score (nSPS) is 11.9. The summed E-state index contributed by atoms with van der Waals surface area (Å²) in [5.74, 6) is 0.955. The van der Waals surface area contributed by atoms with E-state index in [0.717, 1.165) is 42.1 Å². The van der Waals surface area contributed by atoms with Crippen LogP contribution in [0.3, 0.4) is 0 Å². The molecule has 0 aliphatic heterocycles. The van der Waals surface area contributed by atoms with Gasteiger partial charge in [0.05, 0.1) is 12.5 Å². The molecule has 2 unspecified atom stereocenters. The molecular weight excluding hydrogens is 854 g/mol. The van der Waals surface area contributed by atoms with Gasteiger partial charge in [0.15, 0.2) is 0 Å². The number of benzene rings is 1. The topological polar surface area (TPSA) is 12.5 Å². The average molecular weight is 938 g/mol. The van der Waals surface area contributed by atoms with Crippen molar-refractivity contribution in [3.05, 3.63) is 67.1 Å². The molecule has 2 nitrogen and oxygen atoms in total. The van der Waals surface area contributed by atoms with Gasteiger partial charge in [-0.2, -0.15) is 26.0 Å². The van der Waals surface area contributed by atoms with Gasteiger partial charge in [-0.25, -0.2) is 0 Å². The fourth-order valence-electron chi connectivity index (χ4n) is 3.64. The standard InChI is InChI=1S/C19H26F3NO.C9H20.C5H11.2C4H10.C3H7.U/c1-6-7-14(2)12-18(15(3)24-5)23(4)17-10-8-16(9-11-17)13-19(20,21)22;1-4-6-7-8-9(3)5-2;1-3-5-4-2;2*1-3-4-2;1-3-2;/h7-12,15H,6,13H2,1-5H3;9H,4-8H2,1-3H3;1,3-5H2,2H3;2*3-4H2,1-2H3;1,3H2,2H3;/q;;-1;;;-1;+2/b14-7-,18-12-;;;;;;. The molecule has 1 rings (SSSR count). The maximum Gasteiger partial charge on any atom is 2.00 e. The van der Waals surface area contributed by atoms with Crippen molar-refractivity contribution in [2.45, 2.75) is 192 Å². The van der Waals surface area contributed by atoms with Crippen LogP contribution in [0.25, 0.3) is 0 Å². The number of nitrogens with zero attached hydrogens (tertiary/aromatic N) is 1. The molecule has 296 valence electrons. The Labute approximate surface area is 336 Å². The molecule has 1 aromatic carbocycles. The van der Waals surface area contributed by atoms with Gasteiger partial charge < -0.3 is 23.5 Å². The first-order valence-electron chi connectivity index (χ1n) is 19.5. The molecule has 0 heterocycles. The van der Waals surface area contributed by atoms with Crippen molar-refractivity contribution < 1.29 is 49.0 Å². The number of anilines is 1. The van der Waals surface area contributed by atoms with Gasteiger partial charge in [-0.1, -0.05) is 164 Å². The third-order valence-corrected chi connectivity index (χ3v) is 7.39. The predicted octanol–water partition coefficient (Wildman–Crippen LogP) is 16.0. The average Bonchev–Trinajstić information content (AvgIpc) is 3.08. The zero-order valence-electron chi connectivity index (χ0n) is 35.6. The molecular formula is C44H84F3NOU. The molecule has 0 aromatic heterocycles. The van der Waals surface area contributed by atoms with E-state index in [1.807, 2.05) is 38.8 Å². The Kier molecular flexibility index (Phi) is 56.8. The number of allylic oxidation sites excluding steroid dienone is 3. The molecule has 6 heteroatoms. The third kappa shape index (κ3) is 47.3. The van der Waals surface area contributed by atoms with E-state index in [-0.39, 0.29) is 42.8 Å². The molecule has 0 spiro atoms. The molecule has 0 amide bonds. The summed E-state index contributed by atoms with van der Waals surface area (Å²) in [5, 5.41) is 0. The van der Waals surface area contributed by atoms with Crippen molar-refractivity contribution in [1.82, 2.24) is 0 Å². The fraction of sp³-hybridized carbons (Fsp3) is 0.727. The molecule has 0 N–H and O–H groups in total. The van der Waals surface area contributed by atoms with Crippen molar-refractivity contribution in [3.63, 3.8) is 0 Å². The molecule has 0 radical (unpaired) electrons. The van der Waals surface area contributed by atoms with Crippen molar-refractivity contribution in [1.29, 1.82) is 0 Å². The van der Waals surface area contributed by atoms with E-state index in [1.54, 1.807) is 19.2 Å². The van der Waals surface area contributed by atoms with E-state index in [9.17, 15) is 13.2 Å². The molecule has 0 aliphatic rings. The van der Waals surface area contributed by atoms with E-state index in [1.165, 1.54) is 82.8 Å². The number of methoxy groups -OCH3 is 1. The molecule has 0 bridgehead atoms. The van der Waals surface area contributed by atoms with Crippen LogP contribution in [0, 0.1) is 50.9 Å². The quantitative estimate of drug-likeness (QED) is 0.0930. The summed E-state index contributed by atoms with van der Waals surface area (Å²) in [4.78, 5) is 1.94. The maximum atomic E-state index is 12.5.